The maximum Gasteiger partial charge on any atom is 0.240 e. The summed E-state index contributed by atoms with van der Waals surface area (Å²) in [4.78, 5) is 33.9. The van der Waals surface area contributed by atoms with Crippen molar-refractivity contribution in [2.75, 3.05) is 23.7 Å². The Hall–Kier alpha value is -2.14. The number of anilines is 2. The topological polar surface area (TPSA) is 108 Å². The molecule has 4 atom stereocenters. The van der Waals surface area contributed by atoms with E-state index in [1.807, 2.05) is 12.1 Å². The first-order chi connectivity index (χ1) is 16.4. The van der Waals surface area contributed by atoms with Crippen molar-refractivity contribution >= 4 is 65.2 Å². The van der Waals surface area contributed by atoms with Crippen LogP contribution in [0.2, 0.25) is 0 Å². The molecule has 2 amide bonds. The summed E-state index contributed by atoms with van der Waals surface area (Å²) in [5.74, 6) is 1.11. The van der Waals surface area contributed by atoms with Gasteiger partial charge in [-0.3, -0.25) is 9.59 Å². The molecule has 5 rings (SSSR count). The molecule has 0 aliphatic heterocycles. The van der Waals surface area contributed by atoms with Crippen LogP contribution < -0.4 is 21.3 Å². The van der Waals surface area contributed by atoms with E-state index in [1.165, 1.54) is 48.4 Å². The molecule has 0 bridgehead atoms. The van der Waals surface area contributed by atoms with Gasteiger partial charge in [-0.2, -0.15) is 0 Å². The zero-order chi connectivity index (χ0) is 23.7. The first kappa shape index (κ1) is 23.6. The summed E-state index contributed by atoms with van der Waals surface area (Å²) in [6.45, 7) is 5.08. The molecule has 2 aromatic heterocycles. The number of nitrogens with one attached hydrogen (secondary N) is 4. The average molecular weight is 501 g/mol. The highest BCUT2D eigenvalue weighted by molar-refractivity contribution is 7.24. The molecule has 2 heterocycles. The Morgan fingerprint density at radius 2 is 1.26 bits per heavy atom. The quantitative estimate of drug-likeness (QED) is 0.366. The van der Waals surface area contributed by atoms with Crippen molar-refractivity contribution in [1.29, 1.82) is 0 Å². The van der Waals surface area contributed by atoms with Crippen LogP contribution >= 0.6 is 22.7 Å². The van der Waals surface area contributed by atoms with Crippen molar-refractivity contribution in [1.82, 2.24) is 20.6 Å². The van der Waals surface area contributed by atoms with Gasteiger partial charge in [0.1, 0.15) is 0 Å². The van der Waals surface area contributed by atoms with E-state index in [2.05, 4.69) is 45.1 Å². The van der Waals surface area contributed by atoms with E-state index in [1.54, 1.807) is 0 Å². The summed E-state index contributed by atoms with van der Waals surface area (Å²) in [5.41, 5.74) is 1.59. The molecule has 2 fully saturated rings. The first-order valence-electron chi connectivity index (χ1n) is 12.2. The standard InChI is InChI=1S/C24H32N6O2S2/c1-13-5-3-7-15(13)25-11-21(31)29-23-27-17-9-18-20(10-19(17)33-23)34-24(28-18)30-22(32)12-26-16-8-4-6-14(16)2/h9-10,13-16,25-26H,3-8,11-12H2,1-2H3,(H,27,29,31)(H,28,30,32). The molecule has 34 heavy (non-hydrogen) atoms. The SMILES string of the molecule is CC1CCCC1NCC(=O)Nc1nc2cc3nc(NC(=O)CNC4CCCC4C)sc3cc2s1. The van der Waals surface area contributed by atoms with Crippen LogP contribution in [0.5, 0.6) is 0 Å². The van der Waals surface area contributed by atoms with Crippen LogP contribution in [-0.4, -0.2) is 47.0 Å². The Bertz CT molecular complexity index is 1050. The normalized spacial score (nSPS) is 24.8. The molecule has 2 aliphatic rings. The Labute approximate surface area is 207 Å². The number of benzene rings is 1. The summed E-state index contributed by atoms with van der Waals surface area (Å²) in [5, 5.41) is 13.8. The van der Waals surface area contributed by atoms with Crippen molar-refractivity contribution in [2.24, 2.45) is 11.8 Å². The molecule has 2 saturated carbocycles. The van der Waals surface area contributed by atoms with Crippen LogP contribution in [0, 0.1) is 11.8 Å². The van der Waals surface area contributed by atoms with Crippen molar-refractivity contribution in [2.45, 2.75) is 64.5 Å². The number of nitrogens with zero attached hydrogens (tertiary/aromatic N) is 2. The number of fused-ring (bicyclic) bond motifs is 2. The van der Waals surface area contributed by atoms with Gasteiger partial charge in [0.2, 0.25) is 11.8 Å². The van der Waals surface area contributed by atoms with Crippen LogP contribution in [-0.2, 0) is 9.59 Å². The fourth-order valence-corrected chi connectivity index (χ4v) is 7.01. The van der Waals surface area contributed by atoms with Crippen LogP contribution in [0.1, 0.15) is 52.4 Å². The van der Waals surface area contributed by atoms with Gasteiger partial charge in [0.05, 0.1) is 33.5 Å². The Kier molecular flexibility index (Phi) is 7.10. The largest absolute Gasteiger partial charge is 0.305 e. The van der Waals surface area contributed by atoms with Crippen LogP contribution in [0.3, 0.4) is 0 Å². The van der Waals surface area contributed by atoms with Crippen molar-refractivity contribution < 1.29 is 9.59 Å². The smallest absolute Gasteiger partial charge is 0.240 e. The molecule has 4 N–H and O–H groups in total. The lowest BCUT2D eigenvalue weighted by Gasteiger charge is -2.16. The van der Waals surface area contributed by atoms with Gasteiger partial charge in [-0.1, -0.05) is 49.4 Å². The van der Waals surface area contributed by atoms with E-state index in [0.29, 0.717) is 47.3 Å². The maximum atomic E-state index is 12.4. The zero-order valence-corrected chi connectivity index (χ0v) is 21.3. The van der Waals surface area contributed by atoms with Gasteiger partial charge in [0, 0.05) is 12.1 Å². The molecular formula is C24H32N6O2S2. The van der Waals surface area contributed by atoms with Gasteiger partial charge in [0.15, 0.2) is 10.3 Å². The second-order valence-electron chi connectivity index (χ2n) is 9.71. The molecule has 0 saturated heterocycles. The molecule has 10 heteroatoms. The van der Waals surface area contributed by atoms with E-state index >= 15 is 0 Å². The molecule has 0 radical (unpaired) electrons. The van der Waals surface area contributed by atoms with Gasteiger partial charge in [0.25, 0.3) is 0 Å². The van der Waals surface area contributed by atoms with E-state index in [4.69, 9.17) is 0 Å². The van der Waals surface area contributed by atoms with Crippen molar-refractivity contribution in [3.05, 3.63) is 12.1 Å². The van der Waals surface area contributed by atoms with E-state index < -0.39 is 0 Å². The molecule has 8 nitrogen and oxygen atoms in total. The number of hydrogen-bond donors (Lipinski definition) is 4. The highest BCUT2D eigenvalue weighted by Crippen LogP contribution is 2.34. The minimum Gasteiger partial charge on any atom is -0.305 e. The monoisotopic (exact) mass is 500 g/mol. The molecule has 1 aromatic carbocycles. The average Bonchev–Trinajstić information content (AvgIpc) is 3.56. The lowest BCUT2D eigenvalue weighted by molar-refractivity contribution is -0.116. The molecule has 4 unspecified atom stereocenters. The van der Waals surface area contributed by atoms with Gasteiger partial charge in [-0.15, -0.1) is 0 Å². The third-order valence-corrected chi connectivity index (χ3v) is 9.03. The van der Waals surface area contributed by atoms with Crippen LogP contribution in [0.4, 0.5) is 10.3 Å². The lowest BCUT2D eigenvalue weighted by atomic mass is 10.1. The van der Waals surface area contributed by atoms with Crippen molar-refractivity contribution in [3.63, 3.8) is 0 Å². The number of carbonyl (C=O) groups excluding carboxylic acids is 2. The summed E-state index contributed by atoms with van der Waals surface area (Å²) >= 11 is 2.91. The highest BCUT2D eigenvalue weighted by atomic mass is 32.1. The van der Waals surface area contributed by atoms with E-state index in [9.17, 15) is 9.59 Å². The van der Waals surface area contributed by atoms with Gasteiger partial charge >= 0.3 is 0 Å². The van der Waals surface area contributed by atoms with Crippen LogP contribution in [0.25, 0.3) is 20.4 Å². The minimum absolute atomic E-state index is 0.0660. The number of hydrogen-bond acceptors (Lipinski definition) is 8. The summed E-state index contributed by atoms with van der Waals surface area (Å²) in [6, 6.07) is 4.80. The fourth-order valence-electron chi connectivity index (χ4n) is 5.13. The number of amides is 2. The first-order valence-corrected chi connectivity index (χ1v) is 13.9. The molecular weight excluding hydrogens is 468 g/mol. The van der Waals surface area contributed by atoms with Gasteiger partial charge < -0.3 is 21.3 Å². The third kappa shape index (κ3) is 5.40. The van der Waals surface area contributed by atoms with Crippen LogP contribution in [0.15, 0.2) is 12.1 Å². The fraction of sp³-hybridized carbons (Fsp3) is 0.583. The third-order valence-electron chi connectivity index (χ3n) is 7.16. The van der Waals surface area contributed by atoms with E-state index in [0.717, 1.165) is 33.3 Å². The maximum absolute atomic E-state index is 12.4. The van der Waals surface area contributed by atoms with E-state index in [-0.39, 0.29) is 11.8 Å². The molecule has 0 spiro atoms. The predicted octanol–water partition coefficient (Wildman–Crippen LogP) is 4.34. The molecule has 2 aliphatic carbocycles. The second-order valence-corrected chi connectivity index (χ2v) is 11.8. The molecule has 3 aromatic rings. The predicted molar refractivity (Wildman–Crippen MR) is 140 cm³/mol. The Morgan fingerprint density at radius 1 is 0.794 bits per heavy atom. The van der Waals surface area contributed by atoms with Crippen molar-refractivity contribution in [3.8, 4) is 0 Å². The lowest BCUT2D eigenvalue weighted by Crippen LogP contribution is -2.37. The zero-order valence-electron chi connectivity index (χ0n) is 19.6. The van der Waals surface area contributed by atoms with Gasteiger partial charge in [-0.05, 0) is 49.7 Å². The second kappa shape index (κ2) is 10.2. The number of rotatable bonds is 8. The number of thiazole rings is 2. The summed E-state index contributed by atoms with van der Waals surface area (Å²) in [6.07, 6.45) is 7.18. The number of aromatic nitrogens is 2. The minimum atomic E-state index is -0.0660. The summed E-state index contributed by atoms with van der Waals surface area (Å²) in [7, 11) is 0. The highest BCUT2D eigenvalue weighted by Gasteiger charge is 2.24. The Morgan fingerprint density at radius 3 is 1.68 bits per heavy atom. The molecule has 182 valence electrons. The Balaban J connectivity index is 1.18. The number of carbonyl (C=O) groups is 2. The summed E-state index contributed by atoms with van der Waals surface area (Å²) < 4.78 is 1.97. The van der Waals surface area contributed by atoms with Gasteiger partial charge in [-0.25, -0.2) is 9.97 Å².